The molecule has 0 amide bonds. The first kappa shape index (κ1) is 11.8. The van der Waals surface area contributed by atoms with Crippen LogP contribution in [-0.2, 0) is 0 Å². The molecule has 1 saturated carbocycles. The zero-order valence-electron chi connectivity index (χ0n) is 8.25. The van der Waals surface area contributed by atoms with E-state index in [9.17, 15) is 20.4 Å². The highest BCUT2D eigenvalue weighted by Crippen LogP contribution is 2.20. The first-order chi connectivity index (χ1) is 6.54. The molecule has 6 N–H and O–H groups in total. The molecule has 0 heterocycles. The van der Waals surface area contributed by atoms with Crippen LogP contribution in [0.1, 0.15) is 0 Å². The van der Waals surface area contributed by atoms with Crippen LogP contribution in [0.25, 0.3) is 0 Å². The van der Waals surface area contributed by atoms with E-state index >= 15 is 0 Å². The van der Waals surface area contributed by atoms with Gasteiger partial charge in [0, 0.05) is 0 Å². The maximum absolute atomic E-state index is 9.73. The van der Waals surface area contributed by atoms with Crippen molar-refractivity contribution in [2.45, 2.75) is 36.5 Å². The normalized spacial score (nSPS) is 49.3. The predicted molar refractivity (Wildman–Crippen MR) is 49.7 cm³/mol. The van der Waals surface area contributed by atoms with Crippen molar-refractivity contribution in [2.24, 2.45) is 0 Å². The summed E-state index contributed by atoms with van der Waals surface area (Å²) >= 11 is 0. The van der Waals surface area contributed by atoms with E-state index < -0.39 is 36.5 Å². The molecule has 1 aliphatic rings. The quantitative estimate of drug-likeness (QED) is 0.282. The second kappa shape index (κ2) is 4.52. The fraction of sp³-hybridized carbons (Fsp3) is 1.00. The van der Waals surface area contributed by atoms with Crippen molar-refractivity contribution >= 4 is 0 Å². The molecule has 0 aromatic rings. The predicted octanol–water partition coefficient (Wildman–Crippen LogP) is -3.38. The Bertz CT molecular complexity index is 174. The summed E-state index contributed by atoms with van der Waals surface area (Å²) in [6.07, 6.45) is -4.55. The van der Waals surface area contributed by atoms with Crippen LogP contribution in [0.5, 0.6) is 0 Å². The van der Waals surface area contributed by atoms with Gasteiger partial charge in [-0.2, -0.15) is 0 Å². The molecular weight excluding hydrogens is 188 g/mol. The molecule has 0 spiro atoms. The lowest BCUT2D eigenvalue weighted by molar-refractivity contribution is -0.148. The molecule has 0 aromatic heterocycles. The van der Waals surface area contributed by atoms with Crippen LogP contribution >= 0.6 is 0 Å². The monoisotopic (exact) mass is 206 g/mol. The topological polar surface area (TPSA) is 105 Å². The summed E-state index contributed by atoms with van der Waals surface area (Å²) in [6.45, 7) is 0. The number of aliphatic hydroxyl groups is 4. The molecule has 84 valence electrons. The highest BCUT2D eigenvalue weighted by atomic mass is 16.4. The fourth-order valence-electron chi connectivity index (χ4n) is 1.94. The van der Waals surface area contributed by atoms with Gasteiger partial charge in [0.25, 0.3) is 0 Å². The Hall–Kier alpha value is -0.240. The second-order valence-corrected chi connectivity index (χ2v) is 3.59. The molecule has 0 aromatic carbocycles. The third kappa shape index (κ3) is 1.77. The maximum atomic E-state index is 9.73. The Morgan fingerprint density at radius 1 is 0.643 bits per heavy atom. The Morgan fingerprint density at radius 2 is 1.00 bits per heavy atom. The van der Waals surface area contributed by atoms with E-state index in [2.05, 4.69) is 10.6 Å². The van der Waals surface area contributed by atoms with Crippen LogP contribution in [0.15, 0.2) is 0 Å². The zero-order valence-corrected chi connectivity index (χ0v) is 8.25. The minimum Gasteiger partial charge on any atom is -0.390 e. The van der Waals surface area contributed by atoms with E-state index in [1.807, 2.05) is 0 Å². The number of hydrogen-bond donors (Lipinski definition) is 6. The summed E-state index contributed by atoms with van der Waals surface area (Å²) < 4.78 is 0. The summed E-state index contributed by atoms with van der Waals surface area (Å²) in [5, 5.41) is 43.7. The molecular formula is C8H18N2O4. The summed E-state index contributed by atoms with van der Waals surface area (Å²) in [6, 6.07) is -1.29. The van der Waals surface area contributed by atoms with Crippen LogP contribution in [-0.4, -0.2) is 71.0 Å². The summed E-state index contributed by atoms with van der Waals surface area (Å²) in [4.78, 5) is 0. The standard InChI is InChI=1S/C8H18N2O4/c1-9-3-5(11)4(10-2)7(13)8(14)6(3)12/h3-14H,1-2H3/t3-,4+,5?,6+,7-,8?. The first-order valence-corrected chi connectivity index (χ1v) is 4.61. The average Bonchev–Trinajstić information content (AvgIpc) is 2.16. The third-order valence-corrected chi connectivity index (χ3v) is 2.84. The van der Waals surface area contributed by atoms with Crippen LogP contribution < -0.4 is 10.6 Å². The van der Waals surface area contributed by atoms with Crippen LogP contribution in [0.2, 0.25) is 0 Å². The van der Waals surface area contributed by atoms with Gasteiger partial charge in [-0.3, -0.25) is 0 Å². The summed E-state index contributed by atoms with van der Waals surface area (Å²) in [7, 11) is 3.16. The molecule has 0 radical (unpaired) electrons. The van der Waals surface area contributed by atoms with Gasteiger partial charge in [-0.1, -0.05) is 0 Å². The van der Waals surface area contributed by atoms with Crippen molar-refractivity contribution in [3.63, 3.8) is 0 Å². The second-order valence-electron chi connectivity index (χ2n) is 3.59. The van der Waals surface area contributed by atoms with Gasteiger partial charge in [0.2, 0.25) is 0 Å². The highest BCUT2D eigenvalue weighted by Gasteiger charge is 2.47. The fourth-order valence-corrected chi connectivity index (χ4v) is 1.94. The minimum atomic E-state index is -1.26. The molecule has 1 fully saturated rings. The van der Waals surface area contributed by atoms with E-state index in [0.717, 1.165) is 0 Å². The third-order valence-electron chi connectivity index (χ3n) is 2.84. The Kier molecular flexibility index (Phi) is 3.82. The number of rotatable bonds is 2. The van der Waals surface area contributed by atoms with Gasteiger partial charge in [0.1, 0.15) is 18.3 Å². The van der Waals surface area contributed by atoms with Crippen molar-refractivity contribution in [3.05, 3.63) is 0 Å². The number of nitrogens with one attached hydrogen (secondary N) is 2. The van der Waals surface area contributed by atoms with Crippen molar-refractivity contribution in [1.82, 2.24) is 10.6 Å². The van der Waals surface area contributed by atoms with E-state index in [0.29, 0.717) is 0 Å². The smallest absolute Gasteiger partial charge is 0.109 e. The molecule has 1 rings (SSSR count). The average molecular weight is 206 g/mol. The molecule has 2 unspecified atom stereocenters. The van der Waals surface area contributed by atoms with Crippen molar-refractivity contribution in [1.29, 1.82) is 0 Å². The van der Waals surface area contributed by atoms with Gasteiger partial charge in [0.15, 0.2) is 0 Å². The maximum Gasteiger partial charge on any atom is 0.109 e. The van der Waals surface area contributed by atoms with Crippen molar-refractivity contribution in [3.8, 4) is 0 Å². The van der Waals surface area contributed by atoms with Gasteiger partial charge in [-0.05, 0) is 14.1 Å². The zero-order chi connectivity index (χ0) is 10.9. The summed E-state index contributed by atoms with van der Waals surface area (Å²) in [5.41, 5.74) is 0. The first-order valence-electron chi connectivity index (χ1n) is 4.61. The molecule has 6 atom stereocenters. The SMILES string of the molecule is CN[C@@H]1C(O)[C@H](NC)[C@@H](O)C(O)[C@H]1O. The number of likely N-dealkylation sites (N-methyl/N-ethyl adjacent to an activating group) is 2. The Morgan fingerprint density at radius 3 is 1.29 bits per heavy atom. The summed E-state index contributed by atoms with van der Waals surface area (Å²) in [5.74, 6) is 0. The molecule has 6 nitrogen and oxygen atoms in total. The van der Waals surface area contributed by atoms with Gasteiger partial charge in [-0.15, -0.1) is 0 Å². The lowest BCUT2D eigenvalue weighted by Gasteiger charge is -2.43. The van der Waals surface area contributed by atoms with Gasteiger partial charge in [-0.25, -0.2) is 0 Å². The molecule has 0 bridgehead atoms. The van der Waals surface area contributed by atoms with Crippen LogP contribution in [0.4, 0.5) is 0 Å². The van der Waals surface area contributed by atoms with Gasteiger partial charge >= 0.3 is 0 Å². The van der Waals surface area contributed by atoms with Gasteiger partial charge < -0.3 is 31.1 Å². The van der Waals surface area contributed by atoms with Crippen LogP contribution in [0.3, 0.4) is 0 Å². The van der Waals surface area contributed by atoms with Gasteiger partial charge in [0.05, 0.1) is 18.2 Å². The molecule has 1 aliphatic carbocycles. The molecule has 0 saturated heterocycles. The van der Waals surface area contributed by atoms with E-state index in [4.69, 9.17) is 0 Å². The van der Waals surface area contributed by atoms with E-state index in [1.54, 1.807) is 14.1 Å². The Labute approximate surface area is 82.6 Å². The molecule has 6 heteroatoms. The van der Waals surface area contributed by atoms with E-state index in [-0.39, 0.29) is 0 Å². The molecule has 0 aliphatic heterocycles. The lowest BCUT2D eigenvalue weighted by Crippen LogP contribution is -2.70. The highest BCUT2D eigenvalue weighted by molar-refractivity contribution is 5.04. The van der Waals surface area contributed by atoms with Crippen molar-refractivity contribution < 1.29 is 20.4 Å². The van der Waals surface area contributed by atoms with Crippen molar-refractivity contribution in [2.75, 3.05) is 14.1 Å². The van der Waals surface area contributed by atoms with E-state index in [1.165, 1.54) is 0 Å². The lowest BCUT2D eigenvalue weighted by atomic mass is 9.81. The molecule has 14 heavy (non-hydrogen) atoms. The minimum absolute atomic E-state index is 0.647. The number of aliphatic hydroxyl groups excluding tert-OH is 4. The van der Waals surface area contributed by atoms with Crippen LogP contribution in [0, 0.1) is 0 Å². The number of hydrogen-bond acceptors (Lipinski definition) is 6. The Balaban J connectivity index is 2.82. The largest absolute Gasteiger partial charge is 0.390 e.